The average molecular weight is 274 g/mol. The molecule has 2 aromatic rings. The Balaban J connectivity index is 1.89. The molecule has 2 N–H and O–H groups in total. The van der Waals surface area contributed by atoms with Crippen molar-refractivity contribution >= 4 is 11.6 Å². The van der Waals surface area contributed by atoms with Crippen LogP contribution in [-0.2, 0) is 0 Å². The smallest absolute Gasteiger partial charge is 0.131 e. The van der Waals surface area contributed by atoms with Gasteiger partial charge in [-0.25, -0.2) is 0 Å². The third-order valence-corrected chi connectivity index (χ3v) is 3.80. The molecule has 0 saturated heterocycles. The first kappa shape index (κ1) is 12.5. The number of benzene rings is 2. The minimum absolute atomic E-state index is 0.488. The Labute approximate surface area is 118 Å². The van der Waals surface area contributed by atoms with Crippen LogP contribution < -0.4 is 10.5 Å². The molecule has 3 heteroatoms. The van der Waals surface area contributed by atoms with Crippen molar-refractivity contribution in [2.45, 2.75) is 12.3 Å². The molecule has 0 bridgehead atoms. The Hall–Kier alpha value is -1.51. The van der Waals surface area contributed by atoms with E-state index in [1.807, 2.05) is 48.5 Å². The third-order valence-electron chi connectivity index (χ3n) is 3.57. The summed E-state index contributed by atoms with van der Waals surface area (Å²) in [5.74, 6) is 2.78. The van der Waals surface area contributed by atoms with Crippen molar-refractivity contribution in [2.24, 2.45) is 11.7 Å². The zero-order valence-corrected chi connectivity index (χ0v) is 11.3. The molecule has 2 aromatic carbocycles. The van der Waals surface area contributed by atoms with Crippen LogP contribution in [0.2, 0.25) is 5.02 Å². The van der Waals surface area contributed by atoms with Crippen LogP contribution in [0.15, 0.2) is 48.5 Å². The summed E-state index contributed by atoms with van der Waals surface area (Å²) in [5.41, 5.74) is 6.90. The highest BCUT2D eigenvalue weighted by atomic mass is 35.5. The van der Waals surface area contributed by atoms with Gasteiger partial charge in [0.2, 0.25) is 0 Å². The maximum absolute atomic E-state index is 6.10. The van der Waals surface area contributed by atoms with Crippen molar-refractivity contribution in [3.63, 3.8) is 0 Å². The number of nitrogens with two attached hydrogens (primary N) is 1. The Morgan fingerprint density at radius 2 is 1.95 bits per heavy atom. The molecular formula is C16H16ClNO. The average Bonchev–Trinajstić information content (AvgIpc) is 3.21. The van der Waals surface area contributed by atoms with Gasteiger partial charge in [-0.05, 0) is 60.7 Å². The summed E-state index contributed by atoms with van der Waals surface area (Å²) in [6.07, 6.45) is 1.13. The zero-order valence-electron chi connectivity index (χ0n) is 10.6. The van der Waals surface area contributed by atoms with Crippen molar-refractivity contribution in [2.75, 3.05) is 6.54 Å². The van der Waals surface area contributed by atoms with Crippen molar-refractivity contribution in [3.05, 3.63) is 59.1 Å². The van der Waals surface area contributed by atoms with Crippen LogP contribution in [0.3, 0.4) is 0 Å². The number of hydrogen-bond acceptors (Lipinski definition) is 2. The summed E-state index contributed by atoms with van der Waals surface area (Å²) in [6.45, 7) is 0.724. The van der Waals surface area contributed by atoms with Crippen molar-refractivity contribution in [1.82, 2.24) is 0 Å². The highest BCUT2D eigenvalue weighted by Crippen LogP contribution is 2.50. The number of rotatable bonds is 4. The first-order chi connectivity index (χ1) is 9.28. The topological polar surface area (TPSA) is 35.2 Å². The van der Waals surface area contributed by atoms with Gasteiger partial charge in [0, 0.05) is 5.02 Å². The van der Waals surface area contributed by atoms with Crippen LogP contribution >= 0.6 is 11.6 Å². The predicted octanol–water partition coefficient (Wildman–Crippen LogP) is 4.19. The van der Waals surface area contributed by atoms with Gasteiger partial charge in [-0.1, -0.05) is 29.8 Å². The first-order valence-corrected chi connectivity index (χ1v) is 6.88. The molecule has 98 valence electrons. The molecular weight excluding hydrogens is 258 g/mol. The highest BCUT2D eigenvalue weighted by molar-refractivity contribution is 6.30. The number of halogens is 1. The van der Waals surface area contributed by atoms with Gasteiger partial charge < -0.3 is 10.5 Å². The SMILES string of the molecule is NCC1CC1c1cc(Cl)ccc1Oc1ccccc1. The standard InChI is InChI=1S/C16H16ClNO/c17-12-6-7-16(19-13-4-2-1-3-5-13)15(9-12)14-8-11(14)10-18/h1-7,9,11,14H,8,10,18H2. The van der Waals surface area contributed by atoms with Crippen molar-refractivity contribution in [1.29, 1.82) is 0 Å². The summed E-state index contributed by atoms with van der Waals surface area (Å²) in [6, 6.07) is 15.6. The van der Waals surface area contributed by atoms with E-state index in [0.717, 1.165) is 29.5 Å². The van der Waals surface area contributed by atoms with Crippen LogP contribution in [0.1, 0.15) is 17.9 Å². The van der Waals surface area contributed by atoms with E-state index in [4.69, 9.17) is 22.1 Å². The van der Waals surface area contributed by atoms with Crippen LogP contribution in [0.4, 0.5) is 0 Å². The molecule has 2 nitrogen and oxygen atoms in total. The lowest BCUT2D eigenvalue weighted by molar-refractivity contribution is 0.475. The minimum atomic E-state index is 0.488. The summed E-state index contributed by atoms with van der Waals surface area (Å²) >= 11 is 6.10. The Morgan fingerprint density at radius 1 is 1.16 bits per heavy atom. The van der Waals surface area contributed by atoms with Gasteiger partial charge in [0.15, 0.2) is 0 Å². The van der Waals surface area contributed by atoms with E-state index in [-0.39, 0.29) is 0 Å². The van der Waals surface area contributed by atoms with Gasteiger partial charge in [0.1, 0.15) is 11.5 Å². The zero-order chi connectivity index (χ0) is 13.2. The van der Waals surface area contributed by atoms with Crippen LogP contribution in [0.25, 0.3) is 0 Å². The van der Waals surface area contributed by atoms with E-state index in [0.29, 0.717) is 11.8 Å². The van der Waals surface area contributed by atoms with Crippen molar-refractivity contribution in [3.8, 4) is 11.5 Å². The first-order valence-electron chi connectivity index (χ1n) is 6.50. The lowest BCUT2D eigenvalue weighted by Gasteiger charge is -2.11. The van der Waals surface area contributed by atoms with E-state index in [1.165, 1.54) is 5.56 Å². The predicted molar refractivity (Wildman–Crippen MR) is 77.9 cm³/mol. The maximum atomic E-state index is 6.10. The molecule has 2 unspecified atom stereocenters. The van der Waals surface area contributed by atoms with Crippen molar-refractivity contribution < 1.29 is 4.74 Å². The van der Waals surface area contributed by atoms with E-state index < -0.39 is 0 Å². The Bertz CT molecular complexity index is 570. The Morgan fingerprint density at radius 3 is 2.63 bits per heavy atom. The van der Waals surface area contributed by atoms with E-state index in [1.54, 1.807) is 0 Å². The fraction of sp³-hybridized carbons (Fsp3) is 0.250. The number of hydrogen-bond donors (Lipinski definition) is 1. The molecule has 0 heterocycles. The van der Waals surface area contributed by atoms with E-state index >= 15 is 0 Å². The molecule has 1 aliphatic carbocycles. The molecule has 0 radical (unpaired) electrons. The van der Waals surface area contributed by atoms with E-state index in [9.17, 15) is 0 Å². The van der Waals surface area contributed by atoms with Gasteiger partial charge in [-0.3, -0.25) is 0 Å². The fourth-order valence-corrected chi connectivity index (χ4v) is 2.59. The molecule has 1 fully saturated rings. The highest BCUT2D eigenvalue weighted by Gasteiger charge is 2.39. The molecule has 0 spiro atoms. The van der Waals surface area contributed by atoms with Gasteiger partial charge in [-0.2, -0.15) is 0 Å². The second kappa shape index (κ2) is 5.24. The van der Waals surface area contributed by atoms with Gasteiger partial charge in [0.05, 0.1) is 0 Å². The Kier molecular flexibility index (Phi) is 3.45. The van der Waals surface area contributed by atoms with Gasteiger partial charge in [-0.15, -0.1) is 0 Å². The monoisotopic (exact) mass is 273 g/mol. The normalized spacial score (nSPS) is 21.2. The third kappa shape index (κ3) is 2.75. The molecule has 0 aliphatic heterocycles. The van der Waals surface area contributed by atoms with Crippen LogP contribution in [0, 0.1) is 5.92 Å². The summed E-state index contributed by atoms with van der Waals surface area (Å²) in [7, 11) is 0. The maximum Gasteiger partial charge on any atom is 0.131 e. The lowest BCUT2D eigenvalue weighted by atomic mass is 10.1. The summed E-state index contributed by atoms with van der Waals surface area (Å²) < 4.78 is 5.96. The van der Waals surface area contributed by atoms with Gasteiger partial charge >= 0.3 is 0 Å². The van der Waals surface area contributed by atoms with Crippen LogP contribution in [-0.4, -0.2) is 6.54 Å². The molecule has 3 rings (SSSR count). The molecule has 1 saturated carbocycles. The summed E-state index contributed by atoms with van der Waals surface area (Å²) in [5, 5.41) is 0.748. The lowest BCUT2D eigenvalue weighted by Crippen LogP contribution is -2.02. The van der Waals surface area contributed by atoms with Gasteiger partial charge in [0.25, 0.3) is 0 Å². The summed E-state index contributed by atoms with van der Waals surface area (Å²) in [4.78, 5) is 0. The number of para-hydroxylation sites is 1. The second-order valence-corrected chi connectivity index (χ2v) is 5.37. The molecule has 19 heavy (non-hydrogen) atoms. The quantitative estimate of drug-likeness (QED) is 0.906. The fourth-order valence-electron chi connectivity index (χ4n) is 2.41. The second-order valence-electron chi connectivity index (χ2n) is 4.94. The number of ether oxygens (including phenoxy) is 1. The minimum Gasteiger partial charge on any atom is -0.457 e. The van der Waals surface area contributed by atoms with Crippen LogP contribution in [0.5, 0.6) is 11.5 Å². The molecule has 0 amide bonds. The molecule has 1 aliphatic rings. The van der Waals surface area contributed by atoms with E-state index in [2.05, 4.69) is 0 Å². The molecule has 2 atom stereocenters. The largest absolute Gasteiger partial charge is 0.457 e. The molecule has 0 aromatic heterocycles.